The predicted octanol–water partition coefficient (Wildman–Crippen LogP) is 3.23. The molecule has 0 aliphatic carbocycles. The minimum absolute atomic E-state index is 0.231. The second kappa shape index (κ2) is 5.00. The van der Waals surface area contributed by atoms with Crippen LogP contribution in [0.3, 0.4) is 0 Å². The summed E-state index contributed by atoms with van der Waals surface area (Å²) >= 11 is 0. The van der Waals surface area contributed by atoms with Crippen molar-refractivity contribution >= 4 is 17.1 Å². The van der Waals surface area contributed by atoms with Gasteiger partial charge in [0, 0.05) is 35.8 Å². The van der Waals surface area contributed by atoms with Crippen LogP contribution in [-0.2, 0) is 0 Å². The van der Waals surface area contributed by atoms with E-state index < -0.39 is 0 Å². The van der Waals surface area contributed by atoms with Crippen molar-refractivity contribution in [1.82, 2.24) is 9.97 Å². The van der Waals surface area contributed by atoms with Crippen molar-refractivity contribution in [2.75, 3.05) is 0 Å². The van der Waals surface area contributed by atoms with E-state index in [1.54, 1.807) is 18.5 Å². The van der Waals surface area contributed by atoms with Crippen LogP contribution in [-0.4, -0.2) is 14.9 Å². The smallest absolute Gasteiger partial charge is 0.247 e. The number of hydrogen-bond donors (Lipinski definition) is 1. The Bertz CT molecular complexity index is 599. The molecule has 0 aliphatic heterocycles. The van der Waals surface area contributed by atoms with E-state index in [1.807, 2.05) is 26.0 Å². The number of rotatable bonds is 4. The Morgan fingerprint density at radius 3 is 3.06 bits per heavy atom. The van der Waals surface area contributed by atoms with E-state index in [0.717, 1.165) is 16.6 Å². The van der Waals surface area contributed by atoms with Crippen LogP contribution >= 0.6 is 0 Å². The van der Waals surface area contributed by atoms with Crippen LogP contribution in [0.5, 0.6) is 0 Å². The molecule has 0 saturated heterocycles. The van der Waals surface area contributed by atoms with Gasteiger partial charge in [0.2, 0.25) is 5.70 Å². The molecule has 0 aliphatic rings. The maximum Gasteiger partial charge on any atom is 0.247 e. The number of fused-ring (bicyclic) bond motifs is 1. The van der Waals surface area contributed by atoms with Gasteiger partial charge in [-0.15, -0.1) is 0 Å². The Kier molecular flexibility index (Phi) is 3.41. The fourth-order valence-electron chi connectivity index (χ4n) is 1.88. The first-order chi connectivity index (χ1) is 8.58. The van der Waals surface area contributed by atoms with Gasteiger partial charge < -0.3 is 4.98 Å². The third-order valence-corrected chi connectivity index (χ3v) is 2.66. The molecule has 0 unspecified atom stereocenters. The largest absolute Gasteiger partial charge is 0.346 e. The topological polar surface area (TPSA) is 71.8 Å². The molecule has 0 atom stereocenters. The summed E-state index contributed by atoms with van der Waals surface area (Å²) in [5.74, 6) is 0.255. The highest BCUT2D eigenvalue weighted by Crippen LogP contribution is 2.21. The van der Waals surface area contributed by atoms with E-state index in [2.05, 4.69) is 9.97 Å². The molecule has 0 fully saturated rings. The second-order valence-corrected chi connectivity index (χ2v) is 4.63. The maximum atomic E-state index is 11.0. The minimum atomic E-state index is -0.310. The van der Waals surface area contributed by atoms with E-state index in [4.69, 9.17) is 0 Å². The highest BCUT2D eigenvalue weighted by atomic mass is 16.6. The minimum Gasteiger partial charge on any atom is -0.346 e. The van der Waals surface area contributed by atoms with E-state index in [1.165, 1.54) is 0 Å². The van der Waals surface area contributed by atoms with E-state index in [-0.39, 0.29) is 16.5 Å². The van der Waals surface area contributed by atoms with Crippen LogP contribution in [0.25, 0.3) is 17.1 Å². The third kappa shape index (κ3) is 2.56. The van der Waals surface area contributed by atoms with Gasteiger partial charge in [0.05, 0.1) is 4.92 Å². The molecular weight excluding hydrogens is 230 g/mol. The van der Waals surface area contributed by atoms with Crippen LogP contribution in [0.15, 0.2) is 30.2 Å². The summed E-state index contributed by atoms with van der Waals surface area (Å²) in [7, 11) is 0. The summed E-state index contributed by atoms with van der Waals surface area (Å²) in [6.07, 6.45) is 5.52. The summed E-state index contributed by atoms with van der Waals surface area (Å²) in [6.45, 7) is 3.93. The quantitative estimate of drug-likeness (QED) is 0.664. The molecule has 18 heavy (non-hydrogen) atoms. The van der Waals surface area contributed by atoms with Crippen molar-refractivity contribution in [3.63, 3.8) is 0 Å². The number of nitrogens with one attached hydrogen (secondary N) is 1. The Morgan fingerprint density at radius 1 is 1.61 bits per heavy atom. The van der Waals surface area contributed by atoms with Gasteiger partial charge in [0.25, 0.3) is 0 Å². The number of hydrogen-bond acceptors (Lipinski definition) is 3. The van der Waals surface area contributed by atoms with Gasteiger partial charge in [-0.1, -0.05) is 13.8 Å². The zero-order chi connectivity index (χ0) is 13.1. The summed E-state index contributed by atoms with van der Waals surface area (Å²) in [6, 6.07) is 3.72. The molecule has 2 rings (SSSR count). The monoisotopic (exact) mass is 245 g/mol. The normalized spacial score (nSPS) is 12.3. The number of nitrogens with zero attached hydrogens (tertiary/aromatic N) is 2. The molecule has 0 amide bonds. The molecule has 0 aromatic carbocycles. The molecule has 0 saturated carbocycles. The number of aromatic nitrogens is 2. The van der Waals surface area contributed by atoms with Crippen molar-refractivity contribution in [3.8, 4) is 0 Å². The lowest BCUT2D eigenvalue weighted by Crippen LogP contribution is -2.02. The predicted molar refractivity (Wildman–Crippen MR) is 70.5 cm³/mol. The Morgan fingerprint density at radius 2 is 2.39 bits per heavy atom. The first-order valence-corrected chi connectivity index (χ1v) is 5.85. The molecule has 2 aromatic heterocycles. The molecule has 0 spiro atoms. The van der Waals surface area contributed by atoms with Crippen molar-refractivity contribution in [2.45, 2.75) is 20.3 Å². The summed E-state index contributed by atoms with van der Waals surface area (Å²) in [5.41, 5.74) is 1.79. The third-order valence-electron chi connectivity index (χ3n) is 2.66. The number of H-pyrrole nitrogens is 1. The van der Waals surface area contributed by atoms with Crippen LogP contribution in [0, 0.1) is 16.0 Å². The zero-order valence-corrected chi connectivity index (χ0v) is 10.4. The molecule has 1 N–H and O–H groups in total. The van der Waals surface area contributed by atoms with Gasteiger partial charge in [-0.05, 0) is 18.1 Å². The Labute approximate surface area is 105 Å². The molecular formula is C13H15N3O2. The molecule has 0 bridgehead atoms. The van der Waals surface area contributed by atoms with Crippen molar-refractivity contribution in [3.05, 3.63) is 45.9 Å². The van der Waals surface area contributed by atoms with Crippen molar-refractivity contribution in [1.29, 1.82) is 0 Å². The highest BCUT2D eigenvalue weighted by Gasteiger charge is 2.14. The highest BCUT2D eigenvalue weighted by molar-refractivity contribution is 5.86. The Hall–Kier alpha value is -2.17. The molecule has 0 radical (unpaired) electrons. The standard InChI is InChI=1S/C13H15N3O2/c1-9(2)6-11(16(17)18)7-10-8-15-13-12(10)4-3-5-14-13/h3-5,7-9H,6H2,1-2H3,(H,14,15). The summed E-state index contributed by atoms with van der Waals surface area (Å²) in [5, 5.41) is 11.9. The molecule has 5 nitrogen and oxygen atoms in total. The lowest BCUT2D eigenvalue weighted by molar-refractivity contribution is -0.427. The zero-order valence-electron chi connectivity index (χ0n) is 10.4. The van der Waals surface area contributed by atoms with Gasteiger partial charge >= 0.3 is 0 Å². The summed E-state index contributed by atoms with van der Waals surface area (Å²) in [4.78, 5) is 17.9. The Balaban J connectivity index is 2.43. The van der Waals surface area contributed by atoms with Crippen molar-refractivity contribution in [2.24, 2.45) is 5.92 Å². The number of aromatic amines is 1. The maximum absolute atomic E-state index is 11.0. The average molecular weight is 245 g/mol. The molecule has 5 heteroatoms. The molecule has 2 aromatic rings. The van der Waals surface area contributed by atoms with E-state index in [0.29, 0.717) is 6.42 Å². The van der Waals surface area contributed by atoms with Gasteiger partial charge in [-0.25, -0.2) is 4.98 Å². The van der Waals surface area contributed by atoms with Gasteiger partial charge in [0.1, 0.15) is 5.65 Å². The number of pyridine rings is 1. The first kappa shape index (κ1) is 12.3. The molecule has 2 heterocycles. The second-order valence-electron chi connectivity index (χ2n) is 4.63. The van der Waals surface area contributed by atoms with Crippen LogP contribution < -0.4 is 0 Å². The first-order valence-electron chi connectivity index (χ1n) is 5.85. The fraction of sp³-hybridized carbons (Fsp3) is 0.308. The van der Waals surface area contributed by atoms with Crippen LogP contribution in [0.2, 0.25) is 0 Å². The van der Waals surface area contributed by atoms with Gasteiger partial charge in [-0.3, -0.25) is 10.1 Å². The van der Waals surface area contributed by atoms with Crippen LogP contribution in [0.1, 0.15) is 25.8 Å². The van der Waals surface area contributed by atoms with Crippen LogP contribution in [0.4, 0.5) is 0 Å². The molecule has 94 valence electrons. The number of nitro groups is 1. The summed E-state index contributed by atoms with van der Waals surface area (Å²) < 4.78 is 0. The lowest BCUT2D eigenvalue weighted by Gasteiger charge is -2.01. The van der Waals surface area contributed by atoms with Gasteiger partial charge in [-0.2, -0.15) is 0 Å². The number of allylic oxidation sites excluding steroid dienone is 1. The average Bonchev–Trinajstić information content (AvgIpc) is 2.71. The van der Waals surface area contributed by atoms with E-state index >= 15 is 0 Å². The van der Waals surface area contributed by atoms with E-state index in [9.17, 15) is 10.1 Å². The fourth-order valence-corrected chi connectivity index (χ4v) is 1.88. The van der Waals surface area contributed by atoms with Crippen molar-refractivity contribution < 1.29 is 4.92 Å². The lowest BCUT2D eigenvalue weighted by atomic mass is 10.1. The van der Waals surface area contributed by atoms with Gasteiger partial charge in [0.15, 0.2) is 0 Å². The SMILES string of the molecule is CC(C)CC(=Cc1c[nH]c2ncccc12)[N+](=O)[O-].